The Labute approximate surface area is 181 Å². The monoisotopic (exact) mass is 442 g/mol. The molecule has 3 aromatic rings. The first kappa shape index (κ1) is 21.3. The van der Waals surface area contributed by atoms with E-state index < -0.39 is 10.0 Å². The molecular formula is C21H26N6O3S. The summed E-state index contributed by atoms with van der Waals surface area (Å²) in [5.74, 6) is 0.257. The van der Waals surface area contributed by atoms with Crippen molar-refractivity contribution in [2.24, 2.45) is 0 Å². The summed E-state index contributed by atoms with van der Waals surface area (Å²) in [6.45, 7) is 3.42. The zero-order valence-electron chi connectivity index (χ0n) is 17.5. The van der Waals surface area contributed by atoms with Crippen molar-refractivity contribution >= 4 is 27.4 Å². The molecular weight excluding hydrogens is 416 g/mol. The fraction of sp³-hybridized carbons (Fsp3) is 0.381. The average molecular weight is 443 g/mol. The molecule has 2 aromatic heterocycles. The highest BCUT2D eigenvalue weighted by molar-refractivity contribution is 7.89. The Kier molecular flexibility index (Phi) is 5.67. The van der Waals surface area contributed by atoms with Crippen LogP contribution in [0.2, 0.25) is 0 Å². The number of sulfonamides is 1. The number of benzene rings is 1. The van der Waals surface area contributed by atoms with Gasteiger partial charge < -0.3 is 11.1 Å². The molecule has 164 valence electrons. The van der Waals surface area contributed by atoms with Gasteiger partial charge in [0.25, 0.3) is 0 Å². The zero-order chi connectivity index (χ0) is 22.2. The van der Waals surface area contributed by atoms with Crippen LogP contribution in [-0.4, -0.2) is 40.8 Å². The van der Waals surface area contributed by atoms with Crippen molar-refractivity contribution in [3.8, 4) is 11.3 Å². The molecule has 0 spiro atoms. The number of amides is 1. The molecule has 1 saturated carbocycles. The van der Waals surface area contributed by atoms with Crippen molar-refractivity contribution in [3.63, 3.8) is 0 Å². The van der Waals surface area contributed by atoms with Crippen molar-refractivity contribution in [1.29, 1.82) is 0 Å². The number of rotatable bonds is 5. The molecule has 1 aliphatic carbocycles. The van der Waals surface area contributed by atoms with Crippen molar-refractivity contribution in [2.45, 2.75) is 56.5 Å². The second kappa shape index (κ2) is 8.27. The van der Waals surface area contributed by atoms with Crippen LogP contribution in [0.1, 0.15) is 38.2 Å². The molecule has 2 heterocycles. The summed E-state index contributed by atoms with van der Waals surface area (Å²) in [5, 5.41) is 2.91. The topological polar surface area (TPSA) is 131 Å². The molecule has 1 aromatic carbocycles. The number of anilines is 1. The molecule has 31 heavy (non-hydrogen) atoms. The Hall–Kier alpha value is -2.98. The van der Waals surface area contributed by atoms with Crippen LogP contribution < -0.4 is 15.8 Å². The second-order valence-electron chi connectivity index (χ2n) is 8.00. The average Bonchev–Trinajstić information content (AvgIpc) is 3.14. The van der Waals surface area contributed by atoms with Crippen molar-refractivity contribution < 1.29 is 13.2 Å². The number of nitrogens with one attached hydrogen (secondary N) is 2. The highest BCUT2D eigenvalue weighted by Gasteiger charge is 2.26. The number of nitrogens with two attached hydrogens (primary N) is 1. The number of imidazole rings is 1. The van der Waals surface area contributed by atoms with E-state index in [1.807, 2.05) is 6.92 Å². The Bertz CT molecular complexity index is 1230. The van der Waals surface area contributed by atoms with Gasteiger partial charge in [-0.3, -0.25) is 9.20 Å². The van der Waals surface area contributed by atoms with E-state index in [-0.39, 0.29) is 22.9 Å². The Morgan fingerprint density at radius 3 is 2.58 bits per heavy atom. The molecule has 1 fully saturated rings. The van der Waals surface area contributed by atoms with Gasteiger partial charge in [-0.05, 0) is 50.3 Å². The molecule has 0 bridgehead atoms. The minimum absolute atomic E-state index is 0.0545. The van der Waals surface area contributed by atoms with Gasteiger partial charge in [-0.25, -0.2) is 23.1 Å². The molecule has 10 heteroatoms. The Morgan fingerprint density at radius 2 is 1.87 bits per heavy atom. The minimum Gasteiger partial charge on any atom is -0.381 e. The molecule has 0 atom stereocenters. The molecule has 4 rings (SSSR count). The number of aryl methyl sites for hydroxylation is 1. The van der Waals surface area contributed by atoms with Crippen LogP contribution in [0.5, 0.6) is 0 Å². The third kappa shape index (κ3) is 4.40. The maximum Gasteiger partial charge on any atom is 0.240 e. The lowest BCUT2D eigenvalue weighted by Gasteiger charge is -2.29. The number of carbonyl (C=O) groups excluding carboxylic acids is 1. The molecule has 1 amide bonds. The number of hydrogen-bond acceptors (Lipinski definition) is 6. The predicted molar refractivity (Wildman–Crippen MR) is 118 cm³/mol. The van der Waals surface area contributed by atoms with Crippen LogP contribution >= 0.6 is 0 Å². The molecule has 1 aliphatic rings. The van der Waals surface area contributed by atoms with E-state index in [9.17, 15) is 13.2 Å². The summed E-state index contributed by atoms with van der Waals surface area (Å²) in [6, 6.07) is 5.04. The number of nitrogens with zero attached hydrogens (tertiary/aromatic N) is 3. The van der Waals surface area contributed by atoms with Crippen molar-refractivity contribution in [3.05, 3.63) is 42.4 Å². The lowest BCUT2D eigenvalue weighted by Crippen LogP contribution is -2.43. The minimum atomic E-state index is -3.70. The summed E-state index contributed by atoms with van der Waals surface area (Å²) in [7, 11) is -3.70. The summed E-state index contributed by atoms with van der Waals surface area (Å²) in [6.07, 6.45) is 7.88. The van der Waals surface area contributed by atoms with Gasteiger partial charge in [0.05, 0.1) is 16.8 Å². The summed E-state index contributed by atoms with van der Waals surface area (Å²) >= 11 is 0. The molecule has 0 unspecified atom stereocenters. The first-order valence-electron chi connectivity index (χ1n) is 10.2. The fourth-order valence-corrected chi connectivity index (χ4v) is 5.44. The normalized spacial score (nSPS) is 19.4. The van der Waals surface area contributed by atoms with E-state index in [2.05, 4.69) is 20.0 Å². The Morgan fingerprint density at radius 1 is 1.16 bits per heavy atom. The maximum atomic E-state index is 13.1. The molecule has 0 saturated heterocycles. The van der Waals surface area contributed by atoms with Gasteiger partial charge >= 0.3 is 0 Å². The summed E-state index contributed by atoms with van der Waals surface area (Å²) in [4.78, 5) is 19.8. The first-order valence-corrected chi connectivity index (χ1v) is 11.7. The van der Waals surface area contributed by atoms with Gasteiger partial charge in [-0.15, -0.1) is 0 Å². The smallest absolute Gasteiger partial charge is 0.240 e. The van der Waals surface area contributed by atoms with Crippen LogP contribution in [0.15, 0.2) is 41.7 Å². The third-order valence-corrected chi connectivity index (χ3v) is 7.23. The van der Waals surface area contributed by atoms with E-state index in [0.29, 0.717) is 24.3 Å². The predicted octanol–water partition coefficient (Wildman–Crippen LogP) is 2.01. The highest BCUT2D eigenvalue weighted by Crippen LogP contribution is 2.29. The molecule has 0 aliphatic heterocycles. The maximum absolute atomic E-state index is 13.1. The first-order chi connectivity index (χ1) is 14.7. The Balaban J connectivity index is 1.57. The zero-order valence-corrected chi connectivity index (χ0v) is 18.3. The van der Waals surface area contributed by atoms with Crippen LogP contribution in [-0.2, 0) is 14.8 Å². The largest absolute Gasteiger partial charge is 0.381 e. The van der Waals surface area contributed by atoms with Crippen LogP contribution in [0.3, 0.4) is 0 Å². The fourth-order valence-electron chi connectivity index (χ4n) is 4.11. The van der Waals surface area contributed by atoms with Crippen LogP contribution in [0, 0.1) is 6.92 Å². The molecule has 4 N–H and O–H groups in total. The van der Waals surface area contributed by atoms with Gasteiger partial charge in [0.1, 0.15) is 0 Å². The molecule has 0 radical (unpaired) electrons. The summed E-state index contributed by atoms with van der Waals surface area (Å²) < 4.78 is 30.8. The number of hydrogen-bond donors (Lipinski definition) is 3. The highest BCUT2D eigenvalue weighted by atomic mass is 32.2. The van der Waals surface area contributed by atoms with Gasteiger partial charge in [0, 0.05) is 37.0 Å². The van der Waals surface area contributed by atoms with Gasteiger partial charge in [0.2, 0.25) is 15.9 Å². The SMILES string of the molecule is CC(=O)NC1CCC(NS(=O)(=O)c2ccc(C)c(-c3cnc4c(N)nccn34)c2)CC1. The lowest BCUT2D eigenvalue weighted by molar-refractivity contribution is -0.119. The van der Waals surface area contributed by atoms with E-state index >= 15 is 0 Å². The van der Waals surface area contributed by atoms with Gasteiger partial charge in [0.15, 0.2) is 11.5 Å². The van der Waals surface area contributed by atoms with E-state index in [1.165, 1.54) is 6.92 Å². The third-order valence-electron chi connectivity index (χ3n) is 5.71. The lowest BCUT2D eigenvalue weighted by atomic mass is 9.92. The summed E-state index contributed by atoms with van der Waals surface area (Å²) in [5.41, 5.74) is 8.86. The quantitative estimate of drug-likeness (QED) is 0.554. The van der Waals surface area contributed by atoms with Gasteiger partial charge in [-0.1, -0.05) is 6.07 Å². The van der Waals surface area contributed by atoms with Crippen molar-refractivity contribution in [1.82, 2.24) is 24.4 Å². The van der Waals surface area contributed by atoms with Crippen molar-refractivity contribution in [2.75, 3.05) is 5.73 Å². The van der Waals surface area contributed by atoms with Crippen LogP contribution in [0.4, 0.5) is 5.82 Å². The standard InChI is InChI=1S/C21H26N6O3S/c1-13-3-8-17(11-18(13)19-12-24-21-20(22)23-9-10-27(19)21)31(29,30)26-16-6-4-15(5-7-16)25-14(2)28/h3,8-12,15-16,26H,4-7H2,1-2H3,(H2,22,23)(H,25,28). The second-order valence-corrected chi connectivity index (χ2v) is 9.71. The number of nitrogen functional groups attached to an aromatic ring is 1. The van der Waals surface area contributed by atoms with E-state index in [4.69, 9.17) is 5.73 Å². The van der Waals surface area contributed by atoms with Crippen LogP contribution in [0.25, 0.3) is 16.9 Å². The number of aromatic nitrogens is 3. The molecule has 9 nitrogen and oxygen atoms in total. The number of fused-ring (bicyclic) bond motifs is 1. The van der Waals surface area contributed by atoms with Gasteiger partial charge in [-0.2, -0.15) is 0 Å². The van der Waals surface area contributed by atoms with E-state index in [0.717, 1.165) is 29.7 Å². The number of carbonyl (C=O) groups is 1. The van der Waals surface area contributed by atoms with E-state index in [1.54, 1.807) is 41.2 Å².